The van der Waals surface area contributed by atoms with Crippen LogP contribution in [0.1, 0.15) is 32.5 Å². The molecular weight excluding hydrogens is 234 g/mol. The minimum absolute atomic E-state index is 0.0983. The highest BCUT2D eigenvalue weighted by Crippen LogP contribution is 2.41. The van der Waals surface area contributed by atoms with Gasteiger partial charge in [-0.3, -0.25) is 4.79 Å². The second-order valence-electron chi connectivity index (χ2n) is 4.84. The van der Waals surface area contributed by atoms with Crippen molar-refractivity contribution in [2.75, 3.05) is 5.32 Å². The van der Waals surface area contributed by atoms with E-state index < -0.39 is 11.5 Å². The Morgan fingerprint density at radius 2 is 2.33 bits per heavy atom. The van der Waals surface area contributed by atoms with Crippen LogP contribution < -0.4 is 10.9 Å². The molecule has 1 atom stereocenters. The van der Waals surface area contributed by atoms with E-state index in [-0.39, 0.29) is 11.5 Å². The Labute approximate surface area is 104 Å². The van der Waals surface area contributed by atoms with E-state index in [1.165, 1.54) is 6.07 Å². The summed E-state index contributed by atoms with van der Waals surface area (Å²) in [5, 5.41) is 12.2. The van der Waals surface area contributed by atoms with Gasteiger partial charge in [0.15, 0.2) is 0 Å². The van der Waals surface area contributed by atoms with E-state index in [9.17, 15) is 14.7 Å². The number of nitrogens with one attached hydrogen (secondary N) is 2. The highest BCUT2D eigenvalue weighted by atomic mass is 16.4. The van der Waals surface area contributed by atoms with Gasteiger partial charge in [-0.25, -0.2) is 9.78 Å². The molecule has 98 valence electrons. The Hall–Kier alpha value is -1.85. The van der Waals surface area contributed by atoms with Crippen LogP contribution in [0.4, 0.5) is 5.82 Å². The van der Waals surface area contributed by atoms with E-state index in [2.05, 4.69) is 15.3 Å². The minimum Gasteiger partial charge on any atom is -0.480 e. The molecular formula is C12H17N3O3. The number of aromatic amines is 1. The fourth-order valence-electron chi connectivity index (χ4n) is 2.00. The summed E-state index contributed by atoms with van der Waals surface area (Å²) in [4.78, 5) is 29.6. The first-order chi connectivity index (χ1) is 8.45. The Morgan fingerprint density at radius 1 is 1.67 bits per heavy atom. The van der Waals surface area contributed by atoms with Crippen molar-refractivity contribution in [3.8, 4) is 0 Å². The summed E-state index contributed by atoms with van der Waals surface area (Å²) in [6, 6.07) is 1.29. The Kier molecular flexibility index (Phi) is 3.11. The van der Waals surface area contributed by atoms with Gasteiger partial charge in [0.05, 0.1) is 0 Å². The van der Waals surface area contributed by atoms with Crippen LogP contribution in [0, 0.1) is 5.92 Å². The fourth-order valence-corrected chi connectivity index (χ4v) is 2.00. The summed E-state index contributed by atoms with van der Waals surface area (Å²) >= 11 is 0. The maximum Gasteiger partial charge on any atom is 0.329 e. The SMILES string of the molecule is CCc1nc(NC(C)(C(=O)O)C2CC2)cc(=O)[nH]1. The molecule has 3 N–H and O–H groups in total. The summed E-state index contributed by atoms with van der Waals surface area (Å²) < 4.78 is 0. The lowest BCUT2D eigenvalue weighted by Crippen LogP contribution is -2.46. The molecule has 1 aromatic rings. The molecule has 1 unspecified atom stereocenters. The molecule has 0 aromatic carbocycles. The van der Waals surface area contributed by atoms with Crippen LogP contribution in [0.3, 0.4) is 0 Å². The normalized spacial score (nSPS) is 18.1. The van der Waals surface area contributed by atoms with Crippen molar-refractivity contribution in [3.63, 3.8) is 0 Å². The molecule has 0 spiro atoms. The smallest absolute Gasteiger partial charge is 0.329 e. The van der Waals surface area contributed by atoms with Gasteiger partial charge in [-0.1, -0.05) is 6.92 Å². The zero-order valence-corrected chi connectivity index (χ0v) is 10.5. The molecule has 1 aliphatic carbocycles. The monoisotopic (exact) mass is 251 g/mol. The largest absolute Gasteiger partial charge is 0.480 e. The Bertz CT molecular complexity index is 522. The number of carboxylic acid groups (broad SMARTS) is 1. The molecule has 1 aromatic heterocycles. The third-order valence-electron chi connectivity index (χ3n) is 3.35. The second kappa shape index (κ2) is 4.44. The van der Waals surface area contributed by atoms with Crippen molar-refractivity contribution < 1.29 is 9.90 Å². The van der Waals surface area contributed by atoms with Gasteiger partial charge in [0.1, 0.15) is 17.2 Å². The molecule has 2 rings (SSSR count). The predicted molar refractivity (Wildman–Crippen MR) is 66.6 cm³/mol. The third-order valence-corrected chi connectivity index (χ3v) is 3.35. The molecule has 1 heterocycles. The number of anilines is 1. The van der Waals surface area contributed by atoms with Crippen LogP contribution in [0.5, 0.6) is 0 Å². The van der Waals surface area contributed by atoms with Crippen LogP contribution >= 0.6 is 0 Å². The lowest BCUT2D eigenvalue weighted by Gasteiger charge is -2.26. The van der Waals surface area contributed by atoms with E-state index in [4.69, 9.17) is 0 Å². The molecule has 0 radical (unpaired) electrons. The summed E-state index contributed by atoms with van der Waals surface area (Å²) in [7, 11) is 0. The van der Waals surface area contributed by atoms with Gasteiger partial charge < -0.3 is 15.4 Å². The molecule has 6 nitrogen and oxygen atoms in total. The zero-order valence-electron chi connectivity index (χ0n) is 10.5. The van der Waals surface area contributed by atoms with E-state index in [1.807, 2.05) is 6.92 Å². The third kappa shape index (κ3) is 2.37. The van der Waals surface area contributed by atoms with Gasteiger partial charge in [-0.05, 0) is 25.7 Å². The number of aromatic nitrogens is 2. The lowest BCUT2D eigenvalue weighted by atomic mass is 9.96. The standard InChI is InChI=1S/C12H17N3O3/c1-3-8-13-9(6-10(16)14-8)15-12(2,11(17)18)7-4-5-7/h6-7H,3-5H2,1-2H3,(H,17,18)(H2,13,14,15,16). The van der Waals surface area contributed by atoms with Gasteiger partial charge in [0.25, 0.3) is 5.56 Å². The average Bonchev–Trinajstić information content (AvgIpc) is 3.11. The van der Waals surface area contributed by atoms with E-state index in [0.717, 1.165) is 12.8 Å². The molecule has 0 saturated heterocycles. The van der Waals surface area contributed by atoms with Crippen LogP contribution in [0.25, 0.3) is 0 Å². The van der Waals surface area contributed by atoms with Crippen molar-refractivity contribution in [3.05, 3.63) is 22.2 Å². The van der Waals surface area contributed by atoms with Gasteiger partial charge in [0, 0.05) is 12.5 Å². The lowest BCUT2D eigenvalue weighted by molar-refractivity contribution is -0.142. The minimum atomic E-state index is -1.05. The molecule has 1 aliphatic rings. The average molecular weight is 251 g/mol. The van der Waals surface area contributed by atoms with Crippen LogP contribution in [-0.2, 0) is 11.2 Å². The van der Waals surface area contributed by atoms with Gasteiger partial charge in [-0.2, -0.15) is 0 Å². The molecule has 0 aliphatic heterocycles. The van der Waals surface area contributed by atoms with Crippen LogP contribution in [0.15, 0.2) is 10.9 Å². The number of carboxylic acids is 1. The first kappa shape index (κ1) is 12.6. The number of nitrogens with zero attached hydrogens (tertiary/aromatic N) is 1. The second-order valence-corrected chi connectivity index (χ2v) is 4.84. The number of aryl methyl sites for hydroxylation is 1. The molecule has 1 fully saturated rings. The summed E-state index contributed by atoms with van der Waals surface area (Å²) in [5.41, 5.74) is -1.32. The number of hydrogen-bond acceptors (Lipinski definition) is 4. The number of H-pyrrole nitrogens is 1. The fraction of sp³-hybridized carbons (Fsp3) is 0.583. The Morgan fingerprint density at radius 3 is 2.83 bits per heavy atom. The summed E-state index contributed by atoms with van der Waals surface area (Å²) in [6.07, 6.45) is 2.37. The zero-order chi connectivity index (χ0) is 13.3. The van der Waals surface area contributed by atoms with Crippen molar-refractivity contribution in [2.24, 2.45) is 5.92 Å². The maximum absolute atomic E-state index is 11.4. The molecule has 18 heavy (non-hydrogen) atoms. The van der Waals surface area contributed by atoms with Crippen LogP contribution in [-0.4, -0.2) is 26.6 Å². The quantitative estimate of drug-likeness (QED) is 0.725. The van der Waals surface area contributed by atoms with E-state index >= 15 is 0 Å². The summed E-state index contributed by atoms with van der Waals surface area (Å²) in [5.74, 6) is 0.0623. The first-order valence-electron chi connectivity index (χ1n) is 6.07. The first-order valence-corrected chi connectivity index (χ1v) is 6.07. The van der Waals surface area contributed by atoms with Gasteiger partial charge in [-0.15, -0.1) is 0 Å². The number of aliphatic carboxylic acids is 1. The molecule has 6 heteroatoms. The van der Waals surface area contributed by atoms with Crippen molar-refractivity contribution in [1.82, 2.24) is 9.97 Å². The molecule has 0 bridgehead atoms. The molecule has 1 saturated carbocycles. The van der Waals surface area contributed by atoms with E-state index in [0.29, 0.717) is 18.1 Å². The molecule has 0 amide bonds. The van der Waals surface area contributed by atoms with Crippen LogP contribution in [0.2, 0.25) is 0 Å². The predicted octanol–water partition coefficient (Wildman–Crippen LogP) is 0.997. The number of carbonyl (C=O) groups is 1. The number of hydrogen-bond donors (Lipinski definition) is 3. The van der Waals surface area contributed by atoms with E-state index in [1.54, 1.807) is 6.92 Å². The van der Waals surface area contributed by atoms with Crippen molar-refractivity contribution >= 4 is 11.8 Å². The highest BCUT2D eigenvalue weighted by molar-refractivity contribution is 5.82. The summed E-state index contributed by atoms with van der Waals surface area (Å²) in [6.45, 7) is 3.51. The maximum atomic E-state index is 11.4. The highest BCUT2D eigenvalue weighted by Gasteiger charge is 2.47. The number of rotatable bonds is 5. The van der Waals surface area contributed by atoms with Crippen molar-refractivity contribution in [2.45, 2.75) is 38.6 Å². The topological polar surface area (TPSA) is 95.1 Å². The van der Waals surface area contributed by atoms with Gasteiger partial charge >= 0.3 is 5.97 Å². The van der Waals surface area contributed by atoms with Crippen molar-refractivity contribution in [1.29, 1.82) is 0 Å². The van der Waals surface area contributed by atoms with Gasteiger partial charge in [0.2, 0.25) is 0 Å². The Balaban J connectivity index is 2.29.